The van der Waals surface area contributed by atoms with E-state index in [4.69, 9.17) is 5.73 Å². The molecule has 0 saturated heterocycles. The molecule has 5 nitrogen and oxygen atoms in total. The second-order valence-electron chi connectivity index (χ2n) is 5.53. The standard InChI is InChI=1S/C15H26N4O/c1-2-13-17-14(11-15(20)18-13)19(10-6-9-16)12-7-4-3-5-8-12/h11-12H,2-10,16H2,1H3,(H,17,18,20). The normalized spacial score (nSPS) is 16.3. The first kappa shape index (κ1) is 15.0. The van der Waals surface area contributed by atoms with Crippen LogP contribution < -0.4 is 16.2 Å². The Bertz CT molecular complexity index is 465. The van der Waals surface area contributed by atoms with E-state index in [0.717, 1.165) is 31.0 Å². The molecular weight excluding hydrogens is 252 g/mol. The van der Waals surface area contributed by atoms with Crippen molar-refractivity contribution in [1.82, 2.24) is 9.97 Å². The van der Waals surface area contributed by atoms with Gasteiger partial charge in [-0.25, -0.2) is 4.98 Å². The van der Waals surface area contributed by atoms with Crippen molar-refractivity contribution >= 4 is 5.82 Å². The molecule has 0 bridgehead atoms. The zero-order chi connectivity index (χ0) is 14.4. The Morgan fingerprint density at radius 1 is 1.40 bits per heavy atom. The smallest absolute Gasteiger partial charge is 0.252 e. The Hall–Kier alpha value is -1.36. The van der Waals surface area contributed by atoms with Crippen LogP contribution in [0.1, 0.15) is 51.3 Å². The van der Waals surface area contributed by atoms with Crippen molar-refractivity contribution in [2.24, 2.45) is 5.73 Å². The zero-order valence-corrected chi connectivity index (χ0v) is 12.4. The maximum atomic E-state index is 11.8. The average molecular weight is 278 g/mol. The highest BCUT2D eigenvalue weighted by Gasteiger charge is 2.22. The summed E-state index contributed by atoms with van der Waals surface area (Å²) in [6.45, 7) is 3.57. The fraction of sp³-hybridized carbons (Fsp3) is 0.733. The first-order valence-electron chi connectivity index (χ1n) is 7.81. The molecule has 1 aromatic heterocycles. The van der Waals surface area contributed by atoms with Gasteiger partial charge in [-0.3, -0.25) is 4.79 Å². The van der Waals surface area contributed by atoms with Gasteiger partial charge in [0.1, 0.15) is 11.6 Å². The molecule has 0 atom stereocenters. The zero-order valence-electron chi connectivity index (χ0n) is 12.4. The molecule has 1 saturated carbocycles. The lowest BCUT2D eigenvalue weighted by molar-refractivity contribution is 0.410. The van der Waals surface area contributed by atoms with E-state index < -0.39 is 0 Å². The molecule has 0 unspecified atom stereocenters. The van der Waals surface area contributed by atoms with Gasteiger partial charge in [0, 0.05) is 25.1 Å². The Kier molecular flexibility index (Phi) is 5.59. The van der Waals surface area contributed by atoms with Gasteiger partial charge in [-0.15, -0.1) is 0 Å². The van der Waals surface area contributed by atoms with Crippen molar-refractivity contribution in [3.63, 3.8) is 0 Å². The van der Waals surface area contributed by atoms with Gasteiger partial charge in [0.15, 0.2) is 0 Å². The number of nitrogens with two attached hydrogens (primary N) is 1. The Balaban J connectivity index is 2.24. The van der Waals surface area contributed by atoms with Crippen molar-refractivity contribution < 1.29 is 0 Å². The predicted molar refractivity (Wildman–Crippen MR) is 82.1 cm³/mol. The summed E-state index contributed by atoms with van der Waals surface area (Å²) in [6.07, 6.45) is 7.94. The third-order valence-electron chi connectivity index (χ3n) is 4.02. The van der Waals surface area contributed by atoms with Crippen molar-refractivity contribution in [2.45, 2.75) is 57.9 Å². The van der Waals surface area contributed by atoms with E-state index in [9.17, 15) is 4.79 Å². The maximum absolute atomic E-state index is 11.8. The van der Waals surface area contributed by atoms with Crippen LogP contribution in [0.25, 0.3) is 0 Å². The third-order valence-corrected chi connectivity index (χ3v) is 4.02. The molecule has 5 heteroatoms. The van der Waals surface area contributed by atoms with Crippen molar-refractivity contribution in [3.05, 3.63) is 22.2 Å². The molecule has 3 N–H and O–H groups in total. The van der Waals surface area contributed by atoms with Gasteiger partial charge in [-0.05, 0) is 25.8 Å². The van der Waals surface area contributed by atoms with Crippen LogP contribution in [-0.2, 0) is 6.42 Å². The minimum Gasteiger partial charge on any atom is -0.353 e. The topological polar surface area (TPSA) is 75.0 Å². The highest BCUT2D eigenvalue weighted by molar-refractivity contribution is 5.39. The van der Waals surface area contributed by atoms with Crippen molar-refractivity contribution in [1.29, 1.82) is 0 Å². The molecule has 1 aromatic rings. The van der Waals surface area contributed by atoms with Gasteiger partial charge in [0.2, 0.25) is 0 Å². The van der Waals surface area contributed by atoms with E-state index in [1.165, 1.54) is 32.1 Å². The minimum atomic E-state index is -0.0552. The van der Waals surface area contributed by atoms with E-state index in [1.54, 1.807) is 6.07 Å². The van der Waals surface area contributed by atoms with E-state index >= 15 is 0 Å². The Labute approximate surface area is 120 Å². The molecule has 1 aliphatic rings. The molecule has 112 valence electrons. The van der Waals surface area contributed by atoms with Crippen LogP contribution in [0, 0.1) is 0 Å². The molecule has 0 radical (unpaired) electrons. The summed E-state index contributed by atoms with van der Waals surface area (Å²) in [6, 6.07) is 2.14. The first-order chi connectivity index (χ1) is 9.74. The average Bonchev–Trinajstić information content (AvgIpc) is 2.48. The molecule has 0 amide bonds. The summed E-state index contributed by atoms with van der Waals surface area (Å²) in [5, 5.41) is 0. The van der Waals surface area contributed by atoms with Gasteiger partial charge in [0.25, 0.3) is 5.56 Å². The summed E-state index contributed by atoms with van der Waals surface area (Å²) in [7, 11) is 0. The molecule has 0 spiro atoms. The lowest BCUT2D eigenvalue weighted by Crippen LogP contribution is -2.39. The van der Waals surface area contributed by atoms with Gasteiger partial charge in [0.05, 0.1) is 0 Å². The molecule has 0 aliphatic heterocycles. The number of nitrogens with zero attached hydrogens (tertiary/aromatic N) is 2. The van der Waals surface area contributed by atoms with Crippen LogP contribution in [-0.4, -0.2) is 29.1 Å². The number of aryl methyl sites for hydroxylation is 1. The quantitative estimate of drug-likeness (QED) is 0.832. The number of nitrogens with one attached hydrogen (secondary N) is 1. The monoisotopic (exact) mass is 278 g/mol. The summed E-state index contributed by atoms with van der Waals surface area (Å²) < 4.78 is 0. The van der Waals surface area contributed by atoms with Crippen LogP contribution >= 0.6 is 0 Å². The summed E-state index contributed by atoms with van der Waals surface area (Å²) in [4.78, 5) is 21.5. The highest BCUT2D eigenvalue weighted by Crippen LogP contribution is 2.25. The number of rotatable bonds is 6. The molecule has 1 heterocycles. The fourth-order valence-electron chi connectivity index (χ4n) is 2.95. The Morgan fingerprint density at radius 3 is 2.80 bits per heavy atom. The number of anilines is 1. The second kappa shape index (κ2) is 7.43. The van der Waals surface area contributed by atoms with E-state index in [2.05, 4.69) is 14.9 Å². The van der Waals surface area contributed by atoms with E-state index in [1.807, 2.05) is 6.92 Å². The largest absolute Gasteiger partial charge is 0.353 e. The lowest BCUT2D eigenvalue weighted by atomic mass is 9.94. The van der Waals surface area contributed by atoms with Crippen LogP contribution in [0.15, 0.2) is 10.9 Å². The van der Waals surface area contributed by atoms with Gasteiger partial charge >= 0.3 is 0 Å². The van der Waals surface area contributed by atoms with E-state index in [0.29, 0.717) is 12.6 Å². The van der Waals surface area contributed by atoms with Crippen molar-refractivity contribution in [3.8, 4) is 0 Å². The molecule has 20 heavy (non-hydrogen) atoms. The van der Waals surface area contributed by atoms with Crippen LogP contribution in [0.3, 0.4) is 0 Å². The SMILES string of the molecule is CCc1nc(N(CCCN)C2CCCCC2)cc(=O)[nH]1. The summed E-state index contributed by atoms with van der Waals surface area (Å²) in [5.41, 5.74) is 5.60. The lowest BCUT2D eigenvalue weighted by Gasteiger charge is -2.35. The summed E-state index contributed by atoms with van der Waals surface area (Å²) in [5.74, 6) is 1.59. The molecule has 1 fully saturated rings. The third kappa shape index (κ3) is 3.82. The molecule has 2 rings (SSSR count). The fourth-order valence-corrected chi connectivity index (χ4v) is 2.95. The van der Waals surface area contributed by atoms with E-state index in [-0.39, 0.29) is 5.56 Å². The maximum Gasteiger partial charge on any atom is 0.252 e. The number of aromatic nitrogens is 2. The molecule has 1 aliphatic carbocycles. The van der Waals surface area contributed by atoms with Crippen LogP contribution in [0.4, 0.5) is 5.82 Å². The number of H-pyrrole nitrogens is 1. The number of aromatic amines is 1. The van der Waals surface area contributed by atoms with Gasteiger partial charge in [-0.1, -0.05) is 26.2 Å². The predicted octanol–water partition coefficient (Wildman–Crippen LogP) is 1.82. The van der Waals surface area contributed by atoms with Crippen LogP contribution in [0.2, 0.25) is 0 Å². The van der Waals surface area contributed by atoms with Gasteiger partial charge < -0.3 is 15.6 Å². The first-order valence-corrected chi connectivity index (χ1v) is 7.81. The van der Waals surface area contributed by atoms with Crippen molar-refractivity contribution in [2.75, 3.05) is 18.0 Å². The summed E-state index contributed by atoms with van der Waals surface area (Å²) >= 11 is 0. The number of hydrogen-bond acceptors (Lipinski definition) is 4. The van der Waals surface area contributed by atoms with Crippen LogP contribution in [0.5, 0.6) is 0 Å². The second-order valence-corrected chi connectivity index (χ2v) is 5.53. The molecular formula is C15H26N4O. The molecule has 0 aromatic carbocycles. The van der Waals surface area contributed by atoms with Gasteiger partial charge in [-0.2, -0.15) is 0 Å². The Morgan fingerprint density at radius 2 is 2.15 bits per heavy atom. The minimum absolute atomic E-state index is 0.0552. The number of hydrogen-bond donors (Lipinski definition) is 2. The highest BCUT2D eigenvalue weighted by atomic mass is 16.1.